The van der Waals surface area contributed by atoms with Crippen molar-refractivity contribution in [2.75, 3.05) is 24.7 Å². The number of piperidine rings is 1. The molecule has 2 aromatic heterocycles. The molecule has 0 unspecified atom stereocenters. The highest BCUT2D eigenvalue weighted by molar-refractivity contribution is 7.88. The summed E-state index contributed by atoms with van der Waals surface area (Å²) in [7, 11) is -3.18. The molecule has 1 aliphatic rings. The molecule has 9 heteroatoms. The lowest BCUT2D eigenvalue weighted by Gasteiger charge is -2.29. The van der Waals surface area contributed by atoms with E-state index in [0.717, 1.165) is 16.3 Å². The van der Waals surface area contributed by atoms with Crippen molar-refractivity contribution in [2.24, 2.45) is 5.92 Å². The largest absolute Gasteiger partial charge is 0.302 e. The fraction of sp³-hybridized carbons (Fsp3) is 0.438. The van der Waals surface area contributed by atoms with E-state index >= 15 is 0 Å². The molecule has 1 fully saturated rings. The van der Waals surface area contributed by atoms with E-state index in [2.05, 4.69) is 15.3 Å². The van der Waals surface area contributed by atoms with Gasteiger partial charge < -0.3 is 5.32 Å². The standard InChI is InChI=1S/C16H20N4O3S2/c1-11-14(13-5-3-4-8-17-13)24-16(18-11)19-15(21)12-6-9-20(10-7-12)25(2,22)23/h3-5,8,12H,6-7,9-10H2,1-2H3,(H,18,19,21). The van der Waals surface area contributed by atoms with Crippen LogP contribution in [0.1, 0.15) is 18.5 Å². The molecule has 0 aromatic carbocycles. The number of nitrogens with zero attached hydrogens (tertiary/aromatic N) is 3. The average molecular weight is 380 g/mol. The molecule has 0 radical (unpaired) electrons. The summed E-state index contributed by atoms with van der Waals surface area (Å²) in [5.41, 5.74) is 1.66. The van der Waals surface area contributed by atoms with E-state index in [-0.39, 0.29) is 11.8 Å². The number of carbonyl (C=O) groups excluding carboxylic acids is 1. The number of nitrogens with one attached hydrogen (secondary N) is 1. The van der Waals surface area contributed by atoms with Crippen molar-refractivity contribution in [3.63, 3.8) is 0 Å². The van der Waals surface area contributed by atoms with Crippen LogP contribution in [-0.4, -0.2) is 47.9 Å². The van der Waals surface area contributed by atoms with E-state index in [1.54, 1.807) is 6.20 Å². The van der Waals surface area contributed by atoms with Gasteiger partial charge in [0.05, 0.1) is 22.5 Å². The van der Waals surface area contributed by atoms with E-state index < -0.39 is 10.0 Å². The molecule has 7 nitrogen and oxygen atoms in total. The number of hydrogen-bond acceptors (Lipinski definition) is 6. The van der Waals surface area contributed by atoms with Crippen LogP contribution >= 0.6 is 11.3 Å². The van der Waals surface area contributed by atoms with Crippen LogP contribution < -0.4 is 5.32 Å². The highest BCUT2D eigenvalue weighted by Crippen LogP contribution is 2.32. The quantitative estimate of drug-likeness (QED) is 0.877. The van der Waals surface area contributed by atoms with Gasteiger partial charge in [0.2, 0.25) is 15.9 Å². The minimum Gasteiger partial charge on any atom is -0.302 e. The fourth-order valence-electron chi connectivity index (χ4n) is 2.84. The van der Waals surface area contributed by atoms with Gasteiger partial charge in [-0.15, -0.1) is 0 Å². The Morgan fingerprint density at radius 2 is 2.04 bits per heavy atom. The summed E-state index contributed by atoms with van der Waals surface area (Å²) in [5.74, 6) is -0.296. The van der Waals surface area contributed by atoms with Gasteiger partial charge >= 0.3 is 0 Å². The zero-order chi connectivity index (χ0) is 18.0. The topological polar surface area (TPSA) is 92.3 Å². The van der Waals surface area contributed by atoms with Crippen LogP contribution in [0.25, 0.3) is 10.6 Å². The lowest BCUT2D eigenvalue weighted by atomic mass is 9.97. The normalized spacial score (nSPS) is 16.7. The third kappa shape index (κ3) is 4.23. The van der Waals surface area contributed by atoms with E-state index in [9.17, 15) is 13.2 Å². The highest BCUT2D eigenvalue weighted by atomic mass is 32.2. The summed E-state index contributed by atoms with van der Waals surface area (Å²) in [4.78, 5) is 22.1. The van der Waals surface area contributed by atoms with Crippen molar-refractivity contribution in [3.05, 3.63) is 30.1 Å². The van der Waals surface area contributed by atoms with Crippen molar-refractivity contribution < 1.29 is 13.2 Å². The van der Waals surface area contributed by atoms with Crippen LogP contribution in [0.2, 0.25) is 0 Å². The predicted molar refractivity (Wildman–Crippen MR) is 97.9 cm³/mol. The SMILES string of the molecule is Cc1nc(NC(=O)C2CCN(S(C)(=O)=O)CC2)sc1-c1ccccn1. The van der Waals surface area contributed by atoms with Gasteiger partial charge in [-0.1, -0.05) is 17.4 Å². The fourth-order valence-corrected chi connectivity index (χ4v) is 4.66. The Kier molecular flexibility index (Phi) is 5.16. The maximum atomic E-state index is 12.5. The van der Waals surface area contributed by atoms with Gasteiger partial charge in [-0.3, -0.25) is 9.78 Å². The summed E-state index contributed by atoms with van der Waals surface area (Å²) >= 11 is 1.40. The molecule has 0 bridgehead atoms. The number of rotatable bonds is 4. The van der Waals surface area contributed by atoms with Gasteiger partial charge in [0, 0.05) is 25.2 Å². The van der Waals surface area contributed by atoms with Crippen LogP contribution in [0.5, 0.6) is 0 Å². The second kappa shape index (κ2) is 7.19. The number of pyridine rings is 1. The highest BCUT2D eigenvalue weighted by Gasteiger charge is 2.29. The first-order chi connectivity index (χ1) is 11.8. The number of aromatic nitrogens is 2. The van der Waals surface area contributed by atoms with Crippen molar-refractivity contribution in [2.45, 2.75) is 19.8 Å². The summed E-state index contributed by atoms with van der Waals surface area (Å²) in [5, 5.41) is 3.42. The first-order valence-electron chi connectivity index (χ1n) is 7.99. The van der Waals surface area contributed by atoms with Gasteiger partial charge in [-0.2, -0.15) is 0 Å². The molecule has 25 heavy (non-hydrogen) atoms. The van der Waals surface area contributed by atoms with Gasteiger partial charge in [-0.25, -0.2) is 17.7 Å². The molecule has 1 saturated heterocycles. The Labute approximate surface area is 151 Å². The third-order valence-corrected chi connectivity index (χ3v) is 6.62. The maximum absolute atomic E-state index is 12.5. The Hall–Kier alpha value is -1.84. The summed E-state index contributed by atoms with van der Waals surface area (Å²) in [6.45, 7) is 2.65. The third-order valence-electron chi connectivity index (χ3n) is 4.22. The first-order valence-corrected chi connectivity index (χ1v) is 10.7. The summed E-state index contributed by atoms with van der Waals surface area (Å²) < 4.78 is 24.5. The minimum atomic E-state index is -3.18. The molecular formula is C16H20N4O3S2. The van der Waals surface area contributed by atoms with Crippen molar-refractivity contribution in [1.29, 1.82) is 0 Å². The monoisotopic (exact) mass is 380 g/mol. The molecular weight excluding hydrogens is 360 g/mol. The second-order valence-corrected chi connectivity index (χ2v) is 9.06. The first kappa shape index (κ1) is 18.0. The molecule has 1 aliphatic heterocycles. The Morgan fingerprint density at radius 3 is 2.64 bits per heavy atom. The number of anilines is 1. The Bertz CT molecular complexity index is 857. The van der Waals surface area contributed by atoms with Crippen molar-refractivity contribution >= 4 is 32.4 Å². The minimum absolute atomic E-state index is 0.102. The molecule has 3 heterocycles. The number of aryl methyl sites for hydroxylation is 1. The van der Waals surface area contributed by atoms with Crippen LogP contribution in [0, 0.1) is 12.8 Å². The molecule has 1 amide bonds. The second-order valence-electron chi connectivity index (χ2n) is 6.07. The van der Waals surface area contributed by atoms with Gasteiger partial charge in [0.1, 0.15) is 0 Å². The van der Waals surface area contributed by atoms with Crippen LogP contribution in [-0.2, 0) is 14.8 Å². The Morgan fingerprint density at radius 1 is 1.32 bits per heavy atom. The zero-order valence-electron chi connectivity index (χ0n) is 14.1. The Balaban J connectivity index is 1.65. The molecule has 134 valence electrons. The number of thiazole rings is 1. The van der Waals surface area contributed by atoms with Gasteiger partial charge in [0.25, 0.3) is 0 Å². The molecule has 1 N–H and O–H groups in total. The van der Waals surface area contributed by atoms with Crippen molar-refractivity contribution in [3.8, 4) is 10.6 Å². The zero-order valence-corrected chi connectivity index (χ0v) is 15.7. The lowest BCUT2D eigenvalue weighted by molar-refractivity contribution is -0.120. The number of carbonyl (C=O) groups is 1. The molecule has 0 spiro atoms. The smallest absolute Gasteiger partial charge is 0.229 e. The molecule has 0 aliphatic carbocycles. The number of amides is 1. The van der Waals surface area contributed by atoms with Crippen LogP contribution in [0.4, 0.5) is 5.13 Å². The molecule has 2 aromatic rings. The van der Waals surface area contributed by atoms with Crippen LogP contribution in [0.15, 0.2) is 24.4 Å². The van der Waals surface area contributed by atoms with E-state index in [4.69, 9.17) is 0 Å². The average Bonchev–Trinajstić information content (AvgIpc) is 2.95. The molecule has 0 saturated carbocycles. The van der Waals surface area contributed by atoms with Gasteiger partial charge in [-0.05, 0) is 31.9 Å². The summed E-state index contributed by atoms with van der Waals surface area (Å²) in [6, 6.07) is 5.67. The number of sulfonamides is 1. The van der Waals surface area contributed by atoms with Crippen LogP contribution in [0.3, 0.4) is 0 Å². The van der Waals surface area contributed by atoms with Crippen molar-refractivity contribution in [1.82, 2.24) is 14.3 Å². The maximum Gasteiger partial charge on any atom is 0.229 e. The van der Waals surface area contributed by atoms with Gasteiger partial charge in [0.15, 0.2) is 5.13 Å². The molecule has 3 rings (SSSR count). The summed E-state index contributed by atoms with van der Waals surface area (Å²) in [6.07, 6.45) is 3.97. The lowest BCUT2D eigenvalue weighted by Crippen LogP contribution is -2.40. The van der Waals surface area contributed by atoms with E-state index in [1.807, 2.05) is 25.1 Å². The number of hydrogen-bond donors (Lipinski definition) is 1. The van der Waals surface area contributed by atoms with E-state index in [0.29, 0.717) is 31.1 Å². The molecule has 0 atom stereocenters. The van der Waals surface area contributed by atoms with E-state index in [1.165, 1.54) is 21.9 Å². The predicted octanol–water partition coefficient (Wildman–Crippen LogP) is 2.12.